The van der Waals surface area contributed by atoms with E-state index in [1.807, 2.05) is 12.1 Å². The van der Waals surface area contributed by atoms with Gasteiger partial charge in [-0.15, -0.1) is 0 Å². The number of hydrogen-bond donors (Lipinski definition) is 1. The van der Waals surface area contributed by atoms with Crippen LogP contribution >= 0.6 is 0 Å². The lowest BCUT2D eigenvalue weighted by Crippen LogP contribution is -2.55. The second kappa shape index (κ2) is 5.93. The van der Waals surface area contributed by atoms with Crippen LogP contribution in [0.15, 0.2) is 24.3 Å². The summed E-state index contributed by atoms with van der Waals surface area (Å²) in [5.41, 5.74) is 1.58. The number of para-hydroxylation sites is 1. The Morgan fingerprint density at radius 2 is 2.05 bits per heavy atom. The van der Waals surface area contributed by atoms with E-state index in [4.69, 9.17) is 4.74 Å². The molecule has 1 aliphatic heterocycles. The number of ether oxygens (including phenoxy) is 1. The zero-order valence-electron chi connectivity index (χ0n) is 12.6. The lowest BCUT2D eigenvalue weighted by Gasteiger charge is -2.40. The van der Waals surface area contributed by atoms with Gasteiger partial charge in [-0.3, -0.25) is 4.90 Å². The monoisotopic (exact) mass is 262 g/mol. The van der Waals surface area contributed by atoms with Gasteiger partial charge >= 0.3 is 0 Å². The van der Waals surface area contributed by atoms with Crippen molar-refractivity contribution in [2.24, 2.45) is 5.41 Å². The highest BCUT2D eigenvalue weighted by Crippen LogP contribution is 2.24. The van der Waals surface area contributed by atoms with Crippen molar-refractivity contribution in [1.82, 2.24) is 10.2 Å². The number of methoxy groups -OCH3 is 1. The Labute approximate surface area is 116 Å². The van der Waals surface area contributed by atoms with Gasteiger partial charge in [-0.2, -0.15) is 0 Å². The summed E-state index contributed by atoms with van der Waals surface area (Å²) < 4.78 is 5.44. The molecule has 0 saturated carbocycles. The van der Waals surface area contributed by atoms with Gasteiger partial charge in [0.1, 0.15) is 5.75 Å². The van der Waals surface area contributed by atoms with Crippen LogP contribution in [0, 0.1) is 5.41 Å². The summed E-state index contributed by atoms with van der Waals surface area (Å²) in [4.78, 5) is 2.52. The molecule has 1 saturated heterocycles. The van der Waals surface area contributed by atoms with E-state index < -0.39 is 0 Å². The zero-order chi connectivity index (χ0) is 13.9. The molecule has 1 aromatic carbocycles. The number of nitrogens with one attached hydrogen (secondary N) is 1. The first-order valence-electron chi connectivity index (χ1n) is 7.08. The summed E-state index contributed by atoms with van der Waals surface area (Å²) in [6.07, 6.45) is 0. The van der Waals surface area contributed by atoms with Crippen molar-refractivity contribution < 1.29 is 4.74 Å². The second-order valence-electron chi connectivity index (χ2n) is 6.42. The van der Waals surface area contributed by atoms with E-state index in [0.717, 1.165) is 31.9 Å². The van der Waals surface area contributed by atoms with Crippen molar-refractivity contribution >= 4 is 0 Å². The predicted octanol–water partition coefficient (Wildman–Crippen LogP) is 2.52. The maximum atomic E-state index is 5.44. The van der Waals surface area contributed by atoms with Crippen LogP contribution in [0.1, 0.15) is 26.3 Å². The molecule has 3 heteroatoms. The molecule has 0 radical (unpaired) electrons. The quantitative estimate of drug-likeness (QED) is 0.906. The normalized spacial score (nSPS) is 21.4. The number of benzene rings is 1. The molecule has 1 aliphatic rings. The third kappa shape index (κ3) is 3.71. The first-order chi connectivity index (χ1) is 9.00. The van der Waals surface area contributed by atoms with Crippen LogP contribution in [0.2, 0.25) is 0 Å². The van der Waals surface area contributed by atoms with Crippen molar-refractivity contribution in [3.8, 4) is 5.75 Å². The molecular formula is C16H26N2O. The van der Waals surface area contributed by atoms with Crippen molar-refractivity contribution in [1.29, 1.82) is 0 Å². The van der Waals surface area contributed by atoms with Crippen molar-refractivity contribution in [3.05, 3.63) is 29.8 Å². The van der Waals surface area contributed by atoms with Gasteiger partial charge in [0, 0.05) is 37.8 Å². The first-order valence-corrected chi connectivity index (χ1v) is 7.08. The average molecular weight is 262 g/mol. The zero-order valence-corrected chi connectivity index (χ0v) is 12.6. The molecule has 106 valence electrons. The number of hydrogen-bond acceptors (Lipinski definition) is 3. The van der Waals surface area contributed by atoms with Gasteiger partial charge in [-0.05, 0) is 11.5 Å². The molecule has 0 aliphatic carbocycles. The van der Waals surface area contributed by atoms with E-state index in [-0.39, 0.29) is 0 Å². The Hall–Kier alpha value is -1.06. The Kier molecular flexibility index (Phi) is 4.48. The fourth-order valence-electron chi connectivity index (χ4n) is 2.61. The molecule has 1 unspecified atom stereocenters. The van der Waals surface area contributed by atoms with E-state index in [2.05, 4.69) is 43.1 Å². The number of rotatable bonds is 3. The van der Waals surface area contributed by atoms with E-state index in [1.165, 1.54) is 5.56 Å². The van der Waals surface area contributed by atoms with Gasteiger partial charge in [0.05, 0.1) is 7.11 Å². The minimum absolute atomic E-state index is 0.305. The van der Waals surface area contributed by atoms with Gasteiger partial charge < -0.3 is 10.1 Å². The Morgan fingerprint density at radius 1 is 1.32 bits per heavy atom. The molecule has 0 bridgehead atoms. The molecule has 0 amide bonds. The summed E-state index contributed by atoms with van der Waals surface area (Å²) in [5, 5.41) is 3.63. The fourth-order valence-corrected chi connectivity index (χ4v) is 2.61. The highest BCUT2D eigenvalue weighted by molar-refractivity contribution is 5.33. The number of piperazine rings is 1. The second-order valence-corrected chi connectivity index (χ2v) is 6.42. The van der Waals surface area contributed by atoms with Crippen LogP contribution in [0.4, 0.5) is 0 Å². The van der Waals surface area contributed by atoms with Crippen LogP contribution in [0.3, 0.4) is 0 Å². The summed E-state index contributed by atoms with van der Waals surface area (Å²) in [6.45, 7) is 11.1. The maximum absolute atomic E-state index is 5.44. The standard InChI is InChI=1S/C16H26N2O/c1-16(2,3)15-12-18(10-9-17-15)11-13-7-5-6-8-14(13)19-4/h5-8,15,17H,9-12H2,1-4H3. The van der Waals surface area contributed by atoms with Crippen LogP contribution in [0.25, 0.3) is 0 Å². The third-order valence-electron chi connectivity index (χ3n) is 3.89. The van der Waals surface area contributed by atoms with Crippen LogP contribution < -0.4 is 10.1 Å². The van der Waals surface area contributed by atoms with E-state index in [1.54, 1.807) is 7.11 Å². The molecule has 0 aromatic heterocycles. The number of nitrogens with zero attached hydrogens (tertiary/aromatic N) is 1. The van der Waals surface area contributed by atoms with Crippen LogP contribution in [0.5, 0.6) is 5.75 Å². The summed E-state index contributed by atoms with van der Waals surface area (Å²) in [6, 6.07) is 8.86. The van der Waals surface area contributed by atoms with Gasteiger partial charge in [0.15, 0.2) is 0 Å². The molecule has 19 heavy (non-hydrogen) atoms. The smallest absolute Gasteiger partial charge is 0.123 e. The minimum Gasteiger partial charge on any atom is -0.496 e. The maximum Gasteiger partial charge on any atom is 0.123 e. The largest absolute Gasteiger partial charge is 0.496 e. The first kappa shape index (κ1) is 14.4. The molecule has 1 aromatic rings. The van der Waals surface area contributed by atoms with E-state index in [9.17, 15) is 0 Å². The average Bonchev–Trinajstić information content (AvgIpc) is 2.39. The molecule has 1 heterocycles. The molecule has 1 fully saturated rings. The topological polar surface area (TPSA) is 24.5 Å². The summed E-state index contributed by atoms with van der Waals surface area (Å²) in [5.74, 6) is 0.994. The Morgan fingerprint density at radius 3 is 2.74 bits per heavy atom. The van der Waals surface area contributed by atoms with Crippen LogP contribution in [-0.4, -0.2) is 37.7 Å². The Bertz CT molecular complexity index is 411. The molecule has 0 spiro atoms. The van der Waals surface area contributed by atoms with Gasteiger partial charge in [0.25, 0.3) is 0 Å². The van der Waals surface area contributed by atoms with Gasteiger partial charge in [0.2, 0.25) is 0 Å². The van der Waals surface area contributed by atoms with Crippen molar-refractivity contribution in [3.63, 3.8) is 0 Å². The van der Waals surface area contributed by atoms with Crippen molar-refractivity contribution in [2.75, 3.05) is 26.7 Å². The lowest BCUT2D eigenvalue weighted by atomic mass is 9.85. The van der Waals surface area contributed by atoms with E-state index in [0.29, 0.717) is 11.5 Å². The molecule has 2 rings (SSSR count). The van der Waals surface area contributed by atoms with E-state index >= 15 is 0 Å². The summed E-state index contributed by atoms with van der Waals surface area (Å²) >= 11 is 0. The van der Waals surface area contributed by atoms with Gasteiger partial charge in [-0.25, -0.2) is 0 Å². The fraction of sp³-hybridized carbons (Fsp3) is 0.625. The molecule has 1 N–H and O–H groups in total. The summed E-state index contributed by atoms with van der Waals surface area (Å²) in [7, 11) is 1.74. The molecular weight excluding hydrogens is 236 g/mol. The van der Waals surface area contributed by atoms with Gasteiger partial charge in [-0.1, -0.05) is 39.0 Å². The van der Waals surface area contributed by atoms with Crippen molar-refractivity contribution in [2.45, 2.75) is 33.4 Å². The highest BCUT2D eigenvalue weighted by Gasteiger charge is 2.29. The molecule has 3 nitrogen and oxygen atoms in total. The predicted molar refractivity (Wildman–Crippen MR) is 79.5 cm³/mol. The third-order valence-corrected chi connectivity index (χ3v) is 3.89. The highest BCUT2D eigenvalue weighted by atomic mass is 16.5. The van der Waals surface area contributed by atoms with Crippen LogP contribution in [-0.2, 0) is 6.54 Å². The minimum atomic E-state index is 0.305. The lowest BCUT2D eigenvalue weighted by molar-refractivity contribution is 0.128. The molecule has 1 atom stereocenters. The Balaban J connectivity index is 2.03. The SMILES string of the molecule is COc1ccccc1CN1CCNC(C(C)(C)C)C1.